The molecule has 0 radical (unpaired) electrons. The van der Waals surface area contributed by atoms with E-state index in [0.717, 1.165) is 18.0 Å². The van der Waals surface area contributed by atoms with Gasteiger partial charge in [-0.3, -0.25) is 4.90 Å². The molecule has 3 fully saturated rings. The van der Waals surface area contributed by atoms with E-state index in [1.165, 1.54) is 45.2 Å². The number of rotatable bonds is 2. The minimum atomic E-state index is 0.402. The molecule has 3 aliphatic rings. The van der Waals surface area contributed by atoms with Crippen molar-refractivity contribution >= 4 is 0 Å². The quantitative estimate of drug-likeness (QED) is 0.810. The Morgan fingerprint density at radius 1 is 1.11 bits per heavy atom. The zero-order chi connectivity index (χ0) is 13.0. The lowest BCUT2D eigenvalue weighted by Gasteiger charge is -2.48. The Hall–Kier alpha value is -0.0800. The average Bonchev–Trinajstić information content (AvgIpc) is 3.08. The van der Waals surface area contributed by atoms with Crippen LogP contribution in [-0.2, 0) is 0 Å². The second-order valence-corrected chi connectivity index (χ2v) is 8.15. The van der Waals surface area contributed by atoms with Crippen molar-refractivity contribution in [1.29, 1.82) is 0 Å². The summed E-state index contributed by atoms with van der Waals surface area (Å²) < 4.78 is 0. The molecule has 1 saturated heterocycles. The van der Waals surface area contributed by atoms with Crippen molar-refractivity contribution in [1.82, 2.24) is 10.2 Å². The maximum absolute atomic E-state index is 3.84. The Balaban J connectivity index is 1.70. The number of piperazine rings is 1. The molecule has 2 heteroatoms. The summed E-state index contributed by atoms with van der Waals surface area (Å²) in [5.41, 5.74) is 0.977. The van der Waals surface area contributed by atoms with Gasteiger partial charge in [0.1, 0.15) is 0 Å². The number of hydrogen-bond donors (Lipinski definition) is 1. The molecule has 3 unspecified atom stereocenters. The van der Waals surface area contributed by atoms with Gasteiger partial charge < -0.3 is 5.32 Å². The maximum atomic E-state index is 3.84. The number of nitrogens with zero attached hydrogens (tertiary/aromatic N) is 1. The van der Waals surface area contributed by atoms with E-state index in [0.29, 0.717) is 11.0 Å². The molecule has 0 bridgehead atoms. The standard InChI is InChI=1S/C16H30N2/c1-12-10-17-16(4,13-5-6-13)11-18(12)14-7-8-15(2,3)9-14/h12-14,17H,5-11H2,1-4H3. The van der Waals surface area contributed by atoms with Gasteiger partial charge >= 0.3 is 0 Å². The summed E-state index contributed by atoms with van der Waals surface area (Å²) in [4.78, 5) is 2.84. The lowest BCUT2D eigenvalue weighted by atomic mass is 9.88. The fourth-order valence-corrected chi connectivity index (χ4v) is 4.25. The molecule has 1 heterocycles. The lowest BCUT2D eigenvalue weighted by molar-refractivity contribution is 0.0446. The highest BCUT2D eigenvalue weighted by Crippen LogP contribution is 2.44. The van der Waals surface area contributed by atoms with Crippen LogP contribution < -0.4 is 5.32 Å². The van der Waals surface area contributed by atoms with Crippen molar-refractivity contribution in [2.24, 2.45) is 11.3 Å². The molecule has 3 rings (SSSR count). The van der Waals surface area contributed by atoms with Gasteiger partial charge in [-0.05, 0) is 57.3 Å². The van der Waals surface area contributed by atoms with Crippen molar-refractivity contribution in [3.05, 3.63) is 0 Å². The highest BCUT2D eigenvalue weighted by molar-refractivity contribution is 5.05. The van der Waals surface area contributed by atoms with Crippen molar-refractivity contribution < 1.29 is 0 Å². The Morgan fingerprint density at radius 3 is 2.39 bits per heavy atom. The lowest BCUT2D eigenvalue weighted by Crippen LogP contribution is -2.65. The normalized spacial score (nSPS) is 45.3. The largest absolute Gasteiger partial charge is 0.308 e. The van der Waals surface area contributed by atoms with Crippen LogP contribution in [0.4, 0.5) is 0 Å². The fraction of sp³-hybridized carbons (Fsp3) is 1.00. The Labute approximate surface area is 113 Å². The van der Waals surface area contributed by atoms with Gasteiger partial charge in [0, 0.05) is 30.7 Å². The van der Waals surface area contributed by atoms with Crippen LogP contribution in [0.1, 0.15) is 59.8 Å². The predicted octanol–water partition coefficient (Wildman–Crippen LogP) is 3.03. The summed E-state index contributed by atoms with van der Waals surface area (Å²) in [5.74, 6) is 0.946. The average molecular weight is 250 g/mol. The van der Waals surface area contributed by atoms with Gasteiger partial charge in [0.15, 0.2) is 0 Å². The topological polar surface area (TPSA) is 15.3 Å². The van der Waals surface area contributed by atoms with E-state index in [9.17, 15) is 0 Å². The summed E-state index contributed by atoms with van der Waals surface area (Å²) in [6, 6.07) is 1.56. The molecule has 1 aliphatic heterocycles. The van der Waals surface area contributed by atoms with E-state index in [-0.39, 0.29) is 0 Å². The third kappa shape index (κ3) is 2.34. The minimum absolute atomic E-state index is 0.402. The molecule has 0 amide bonds. The second-order valence-electron chi connectivity index (χ2n) is 8.15. The van der Waals surface area contributed by atoms with E-state index >= 15 is 0 Å². The van der Waals surface area contributed by atoms with E-state index in [1.54, 1.807) is 0 Å². The van der Waals surface area contributed by atoms with Crippen LogP contribution in [0.5, 0.6) is 0 Å². The fourth-order valence-electron chi connectivity index (χ4n) is 4.25. The monoisotopic (exact) mass is 250 g/mol. The van der Waals surface area contributed by atoms with Gasteiger partial charge in [-0.1, -0.05) is 13.8 Å². The molecule has 0 aromatic rings. The van der Waals surface area contributed by atoms with Crippen LogP contribution in [-0.4, -0.2) is 35.6 Å². The molecule has 2 nitrogen and oxygen atoms in total. The van der Waals surface area contributed by atoms with E-state index in [1.807, 2.05) is 0 Å². The van der Waals surface area contributed by atoms with Crippen LogP contribution in [0.3, 0.4) is 0 Å². The highest BCUT2D eigenvalue weighted by atomic mass is 15.3. The molecule has 2 aliphatic carbocycles. The predicted molar refractivity (Wildman–Crippen MR) is 76.7 cm³/mol. The van der Waals surface area contributed by atoms with Gasteiger partial charge in [-0.15, -0.1) is 0 Å². The molecule has 2 saturated carbocycles. The first-order chi connectivity index (χ1) is 8.40. The van der Waals surface area contributed by atoms with Crippen LogP contribution in [0, 0.1) is 11.3 Å². The van der Waals surface area contributed by atoms with Gasteiger partial charge in [0.2, 0.25) is 0 Å². The van der Waals surface area contributed by atoms with Crippen LogP contribution in [0.2, 0.25) is 0 Å². The molecule has 0 aromatic carbocycles. The molecule has 1 N–H and O–H groups in total. The van der Waals surface area contributed by atoms with E-state index in [4.69, 9.17) is 0 Å². The van der Waals surface area contributed by atoms with E-state index in [2.05, 4.69) is 37.9 Å². The summed E-state index contributed by atoms with van der Waals surface area (Å²) >= 11 is 0. The first-order valence-electron chi connectivity index (χ1n) is 7.90. The molecular weight excluding hydrogens is 220 g/mol. The van der Waals surface area contributed by atoms with Crippen LogP contribution >= 0.6 is 0 Å². The van der Waals surface area contributed by atoms with Crippen LogP contribution in [0.25, 0.3) is 0 Å². The third-order valence-corrected chi connectivity index (χ3v) is 5.77. The number of hydrogen-bond acceptors (Lipinski definition) is 2. The summed E-state index contributed by atoms with van der Waals surface area (Å²) in [6.07, 6.45) is 7.12. The molecule has 3 atom stereocenters. The Morgan fingerprint density at radius 2 is 1.83 bits per heavy atom. The van der Waals surface area contributed by atoms with Gasteiger partial charge in [0.25, 0.3) is 0 Å². The molecule has 104 valence electrons. The maximum Gasteiger partial charge on any atom is 0.0309 e. The first-order valence-corrected chi connectivity index (χ1v) is 7.90. The first kappa shape index (κ1) is 12.9. The second kappa shape index (κ2) is 4.21. The molecule has 18 heavy (non-hydrogen) atoms. The summed E-state index contributed by atoms with van der Waals surface area (Å²) in [7, 11) is 0. The Bertz CT molecular complexity index is 321. The van der Waals surface area contributed by atoms with E-state index < -0.39 is 0 Å². The minimum Gasteiger partial charge on any atom is -0.308 e. The SMILES string of the molecule is CC1CNC(C)(C2CC2)CN1C1CCC(C)(C)C1. The smallest absolute Gasteiger partial charge is 0.0309 e. The van der Waals surface area contributed by atoms with Crippen LogP contribution in [0.15, 0.2) is 0 Å². The Kier molecular flexibility index (Phi) is 3.02. The summed E-state index contributed by atoms with van der Waals surface area (Å²) in [6.45, 7) is 12.2. The third-order valence-electron chi connectivity index (χ3n) is 5.77. The van der Waals surface area contributed by atoms with Crippen molar-refractivity contribution in [2.75, 3.05) is 13.1 Å². The van der Waals surface area contributed by atoms with Crippen molar-refractivity contribution in [2.45, 2.75) is 77.4 Å². The highest BCUT2D eigenvalue weighted by Gasteiger charge is 2.47. The van der Waals surface area contributed by atoms with Crippen molar-refractivity contribution in [3.63, 3.8) is 0 Å². The molecule has 0 spiro atoms. The number of nitrogens with one attached hydrogen (secondary N) is 1. The zero-order valence-electron chi connectivity index (χ0n) is 12.6. The van der Waals surface area contributed by atoms with Gasteiger partial charge in [-0.25, -0.2) is 0 Å². The zero-order valence-corrected chi connectivity index (χ0v) is 12.6. The van der Waals surface area contributed by atoms with Gasteiger partial charge in [0.05, 0.1) is 0 Å². The van der Waals surface area contributed by atoms with Gasteiger partial charge in [-0.2, -0.15) is 0 Å². The molecular formula is C16H30N2. The molecule has 0 aromatic heterocycles. The van der Waals surface area contributed by atoms with Crippen molar-refractivity contribution in [3.8, 4) is 0 Å². The summed E-state index contributed by atoms with van der Waals surface area (Å²) in [5, 5.41) is 3.84.